The number of halogens is 2. The third-order valence-corrected chi connectivity index (χ3v) is 1.31. The number of hydrogen-bond acceptors (Lipinski definition) is 2. The Morgan fingerprint density at radius 2 is 2.09 bits per heavy atom. The highest BCUT2D eigenvalue weighted by molar-refractivity contribution is 5.85. The van der Waals surface area contributed by atoms with E-state index < -0.39 is 0 Å². The summed E-state index contributed by atoms with van der Waals surface area (Å²) in [6.07, 6.45) is 1.76. The molecular formula is C7H12Cl2N2. The lowest BCUT2D eigenvalue weighted by atomic mass is 10.2. The number of rotatable bonds is 1. The Balaban J connectivity index is 0. The highest BCUT2D eigenvalue weighted by Gasteiger charge is 1.91. The number of pyridine rings is 1. The lowest BCUT2D eigenvalue weighted by Crippen LogP contribution is -2.00. The number of nitrogens with two attached hydrogens (primary N) is 1. The molecule has 64 valence electrons. The van der Waals surface area contributed by atoms with E-state index in [4.69, 9.17) is 5.73 Å². The highest BCUT2D eigenvalue weighted by Crippen LogP contribution is 1.99. The second kappa shape index (κ2) is 6.40. The van der Waals surface area contributed by atoms with Gasteiger partial charge in [0.2, 0.25) is 0 Å². The molecule has 1 aromatic rings. The minimum Gasteiger partial charge on any atom is -0.325 e. The van der Waals surface area contributed by atoms with Gasteiger partial charge in [0, 0.05) is 12.7 Å². The van der Waals surface area contributed by atoms with Gasteiger partial charge in [0.15, 0.2) is 0 Å². The molecule has 0 unspecified atom stereocenters. The molecule has 1 heterocycles. The SMILES string of the molecule is Cc1cccnc1CN.Cl.Cl. The van der Waals surface area contributed by atoms with E-state index >= 15 is 0 Å². The zero-order valence-electron chi connectivity index (χ0n) is 6.28. The Hall–Kier alpha value is -0.310. The molecule has 0 spiro atoms. The summed E-state index contributed by atoms with van der Waals surface area (Å²) in [5.74, 6) is 0. The maximum Gasteiger partial charge on any atom is 0.0568 e. The van der Waals surface area contributed by atoms with E-state index in [1.807, 2.05) is 19.1 Å². The van der Waals surface area contributed by atoms with Crippen LogP contribution in [0.15, 0.2) is 18.3 Å². The summed E-state index contributed by atoms with van der Waals surface area (Å²) >= 11 is 0. The van der Waals surface area contributed by atoms with E-state index in [-0.39, 0.29) is 24.8 Å². The molecule has 0 aliphatic carbocycles. The number of hydrogen-bond donors (Lipinski definition) is 1. The van der Waals surface area contributed by atoms with Crippen molar-refractivity contribution in [2.45, 2.75) is 13.5 Å². The summed E-state index contributed by atoms with van der Waals surface area (Å²) in [5, 5.41) is 0. The molecular weight excluding hydrogens is 183 g/mol. The molecule has 0 amide bonds. The maximum absolute atomic E-state index is 5.39. The summed E-state index contributed by atoms with van der Waals surface area (Å²) in [7, 11) is 0. The second-order valence-electron chi connectivity index (χ2n) is 1.97. The van der Waals surface area contributed by atoms with E-state index in [0.717, 1.165) is 5.69 Å². The van der Waals surface area contributed by atoms with Crippen molar-refractivity contribution < 1.29 is 0 Å². The average Bonchev–Trinajstić information content (AvgIpc) is 1.89. The predicted molar refractivity (Wildman–Crippen MR) is 51.4 cm³/mol. The van der Waals surface area contributed by atoms with E-state index in [1.165, 1.54) is 5.56 Å². The highest BCUT2D eigenvalue weighted by atomic mass is 35.5. The molecule has 0 aliphatic rings. The molecule has 0 aromatic carbocycles. The molecule has 0 atom stereocenters. The lowest BCUT2D eigenvalue weighted by Gasteiger charge is -1.97. The van der Waals surface area contributed by atoms with Gasteiger partial charge < -0.3 is 5.73 Å². The van der Waals surface area contributed by atoms with Crippen LogP contribution in [0.3, 0.4) is 0 Å². The zero-order valence-corrected chi connectivity index (χ0v) is 7.91. The molecule has 0 aliphatic heterocycles. The Bertz CT molecular complexity index is 203. The minimum absolute atomic E-state index is 0. The van der Waals surface area contributed by atoms with Crippen molar-refractivity contribution >= 4 is 24.8 Å². The molecule has 0 fully saturated rings. The number of aryl methyl sites for hydroxylation is 1. The smallest absolute Gasteiger partial charge is 0.0568 e. The third-order valence-electron chi connectivity index (χ3n) is 1.31. The fourth-order valence-electron chi connectivity index (χ4n) is 0.732. The Kier molecular flexibility index (Phi) is 7.74. The van der Waals surface area contributed by atoms with Gasteiger partial charge in [-0.05, 0) is 18.6 Å². The molecule has 11 heavy (non-hydrogen) atoms. The fraction of sp³-hybridized carbons (Fsp3) is 0.286. The number of nitrogens with zero attached hydrogens (tertiary/aromatic N) is 1. The summed E-state index contributed by atoms with van der Waals surface area (Å²) in [4.78, 5) is 4.07. The zero-order chi connectivity index (χ0) is 6.69. The van der Waals surface area contributed by atoms with Crippen molar-refractivity contribution in [3.8, 4) is 0 Å². The van der Waals surface area contributed by atoms with Crippen molar-refractivity contribution in [1.82, 2.24) is 4.98 Å². The van der Waals surface area contributed by atoms with Crippen LogP contribution in [-0.2, 0) is 6.54 Å². The maximum atomic E-state index is 5.39. The van der Waals surface area contributed by atoms with Crippen molar-refractivity contribution in [2.24, 2.45) is 5.73 Å². The molecule has 2 nitrogen and oxygen atoms in total. The Labute approximate surface area is 79.0 Å². The fourth-order valence-corrected chi connectivity index (χ4v) is 0.732. The quantitative estimate of drug-likeness (QED) is 0.740. The van der Waals surface area contributed by atoms with Gasteiger partial charge in [-0.3, -0.25) is 4.98 Å². The van der Waals surface area contributed by atoms with Crippen molar-refractivity contribution in [3.63, 3.8) is 0 Å². The third kappa shape index (κ3) is 3.56. The normalized spacial score (nSPS) is 7.82. The van der Waals surface area contributed by atoms with Crippen LogP contribution >= 0.6 is 24.8 Å². The topological polar surface area (TPSA) is 38.9 Å². The van der Waals surface area contributed by atoms with Crippen molar-refractivity contribution in [3.05, 3.63) is 29.6 Å². The van der Waals surface area contributed by atoms with Gasteiger partial charge in [0.05, 0.1) is 5.69 Å². The average molecular weight is 195 g/mol. The van der Waals surface area contributed by atoms with Crippen LogP contribution in [0, 0.1) is 6.92 Å². The standard InChI is InChI=1S/C7H10N2.2ClH/c1-6-3-2-4-9-7(6)5-8;;/h2-4H,5,8H2,1H3;2*1H. The molecule has 0 radical (unpaired) electrons. The summed E-state index contributed by atoms with van der Waals surface area (Å²) in [6, 6.07) is 3.92. The van der Waals surface area contributed by atoms with Crippen LogP contribution in [0.1, 0.15) is 11.3 Å². The first kappa shape index (κ1) is 13.3. The number of aromatic nitrogens is 1. The van der Waals surface area contributed by atoms with Crippen LogP contribution in [0.5, 0.6) is 0 Å². The molecule has 2 N–H and O–H groups in total. The first-order valence-corrected chi connectivity index (χ1v) is 2.95. The molecule has 1 rings (SSSR count). The first-order valence-electron chi connectivity index (χ1n) is 2.95. The van der Waals surface area contributed by atoms with E-state index in [1.54, 1.807) is 6.20 Å². The minimum atomic E-state index is 0. The van der Waals surface area contributed by atoms with Crippen molar-refractivity contribution in [2.75, 3.05) is 0 Å². The van der Waals surface area contributed by atoms with Crippen LogP contribution < -0.4 is 5.73 Å². The molecule has 1 aromatic heterocycles. The van der Waals surface area contributed by atoms with E-state index in [9.17, 15) is 0 Å². The molecule has 0 saturated heterocycles. The van der Waals surface area contributed by atoms with Crippen molar-refractivity contribution in [1.29, 1.82) is 0 Å². The summed E-state index contributed by atoms with van der Waals surface area (Å²) < 4.78 is 0. The van der Waals surface area contributed by atoms with Crippen LogP contribution in [0.2, 0.25) is 0 Å². The van der Waals surface area contributed by atoms with Crippen LogP contribution in [0.4, 0.5) is 0 Å². The van der Waals surface area contributed by atoms with Gasteiger partial charge in [0.1, 0.15) is 0 Å². The van der Waals surface area contributed by atoms with Gasteiger partial charge in [0.25, 0.3) is 0 Å². The first-order chi connectivity index (χ1) is 4.34. The van der Waals surface area contributed by atoms with Crippen LogP contribution in [-0.4, -0.2) is 4.98 Å². The molecule has 0 saturated carbocycles. The predicted octanol–water partition coefficient (Wildman–Crippen LogP) is 1.69. The molecule has 0 bridgehead atoms. The monoisotopic (exact) mass is 194 g/mol. The van der Waals surface area contributed by atoms with Gasteiger partial charge in [-0.25, -0.2) is 0 Å². The van der Waals surface area contributed by atoms with Crippen LogP contribution in [0.25, 0.3) is 0 Å². The Morgan fingerprint density at radius 3 is 2.45 bits per heavy atom. The second-order valence-corrected chi connectivity index (χ2v) is 1.97. The van der Waals surface area contributed by atoms with Gasteiger partial charge in [-0.1, -0.05) is 6.07 Å². The van der Waals surface area contributed by atoms with E-state index in [2.05, 4.69) is 4.98 Å². The molecule has 4 heteroatoms. The van der Waals surface area contributed by atoms with Gasteiger partial charge >= 0.3 is 0 Å². The summed E-state index contributed by atoms with van der Waals surface area (Å²) in [5.41, 5.74) is 7.54. The summed E-state index contributed by atoms with van der Waals surface area (Å²) in [6.45, 7) is 2.54. The van der Waals surface area contributed by atoms with Gasteiger partial charge in [-0.2, -0.15) is 0 Å². The lowest BCUT2D eigenvalue weighted by molar-refractivity contribution is 0.969. The largest absolute Gasteiger partial charge is 0.325 e. The Morgan fingerprint density at radius 1 is 1.45 bits per heavy atom. The van der Waals surface area contributed by atoms with Gasteiger partial charge in [-0.15, -0.1) is 24.8 Å². The van der Waals surface area contributed by atoms with E-state index in [0.29, 0.717) is 6.54 Å².